The van der Waals surface area contributed by atoms with E-state index >= 15 is 0 Å². The summed E-state index contributed by atoms with van der Waals surface area (Å²) in [6, 6.07) is 5.82. The minimum atomic E-state index is 0.345. The summed E-state index contributed by atoms with van der Waals surface area (Å²) in [7, 11) is 0. The van der Waals surface area contributed by atoms with Crippen LogP contribution in [0.5, 0.6) is 0 Å². The van der Waals surface area contributed by atoms with Crippen LogP contribution in [-0.2, 0) is 0 Å². The average Bonchev–Trinajstić information content (AvgIpc) is 2.67. The van der Waals surface area contributed by atoms with Gasteiger partial charge in [-0.2, -0.15) is 0 Å². The third-order valence-electron chi connectivity index (χ3n) is 2.73. The van der Waals surface area contributed by atoms with Crippen molar-refractivity contribution in [2.75, 3.05) is 11.9 Å². The number of hydrogen-bond acceptors (Lipinski definition) is 3. The SMILES string of the molecule is CC(C)(C)CC1CN=C(Nc2ccc(Br)cc2Cl)S1. The Morgan fingerprint density at radius 2 is 2.21 bits per heavy atom. The van der Waals surface area contributed by atoms with Gasteiger partial charge in [0.1, 0.15) is 0 Å². The van der Waals surface area contributed by atoms with Crippen LogP contribution in [0.4, 0.5) is 5.69 Å². The van der Waals surface area contributed by atoms with Crippen molar-refractivity contribution in [3.8, 4) is 0 Å². The van der Waals surface area contributed by atoms with Gasteiger partial charge in [-0.15, -0.1) is 0 Å². The van der Waals surface area contributed by atoms with Crippen LogP contribution < -0.4 is 5.32 Å². The highest BCUT2D eigenvalue weighted by Gasteiger charge is 2.25. The van der Waals surface area contributed by atoms with E-state index in [4.69, 9.17) is 11.6 Å². The number of anilines is 1. The summed E-state index contributed by atoms with van der Waals surface area (Å²) in [6.07, 6.45) is 1.17. The Balaban J connectivity index is 1.95. The van der Waals surface area contributed by atoms with Crippen LogP contribution in [0, 0.1) is 5.41 Å². The van der Waals surface area contributed by atoms with E-state index in [1.807, 2.05) is 30.0 Å². The number of hydrogen-bond donors (Lipinski definition) is 1. The fourth-order valence-electron chi connectivity index (χ4n) is 1.98. The molecule has 1 aliphatic rings. The van der Waals surface area contributed by atoms with Crippen molar-refractivity contribution in [1.29, 1.82) is 0 Å². The van der Waals surface area contributed by atoms with E-state index in [0.717, 1.165) is 21.9 Å². The quantitative estimate of drug-likeness (QED) is 0.760. The molecule has 0 saturated heterocycles. The minimum Gasteiger partial charge on any atom is -0.334 e. The lowest BCUT2D eigenvalue weighted by Gasteiger charge is -2.21. The monoisotopic (exact) mass is 360 g/mol. The molecule has 0 amide bonds. The Hall–Kier alpha value is -0.190. The topological polar surface area (TPSA) is 24.4 Å². The Labute approximate surface area is 132 Å². The largest absolute Gasteiger partial charge is 0.334 e. The van der Waals surface area contributed by atoms with Crippen molar-refractivity contribution in [3.05, 3.63) is 27.7 Å². The molecule has 0 aliphatic carbocycles. The number of amidine groups is 1. The van der Waals surface area contributed by atoms with Crippen molar-refractivity contribution in [2.45, 2.75) is 32.4 Å². The molecule has 104 valence electrons. The van der Waals surface area contributed by atoms with Crippen molar-refractivity contribution in [1.82, 2.24) is 0 Å². The van der Waals surface area contributed by atoms with Crippen LogP contribution in [0.3, 0.4) is 0 Å². The summed E-state index contributed by atoms with van der Waals surface area (Å²) in [6.45, 7) is 7.69. The van der Waals surface area contributed by atoms with Gasteiger partial charge in [-0.25, -0.2) is 0 Å². The molecule has 1 N–H and O–H groups in total. The Bertz CT molecular complexity index is 497. The van der Waals surface area contributed by atoms with Gasteiger partial charge in [-0.05, 0) is 30.0 Å². The molecule has 1 atom stereocenters. The second kappa shape index (κ2) is 6.06. The zero-order chi connectivity index (χ0) is 14.0. The molecule has 0 spiro atoms. The molecule has 1 aromatic rings. The fourth-order valence-corrected chi connectivity index (χ4v) is 4.07. The summed E-state index contributed by atoms with van der Waals surface area (Å²) in [4.78, 5) is 4.56. The highest BCUT2D eigenvalue weighted by atomic mass is 79.9. The summed E-state index contributed by atoms with van der Waals surface area (Å²) in [5.74, 6) is 0. The molecule has 5 heteroatoms. The van der Waals surface area contributed by atoms with Gasteiger partial charge in [0, 0.05) is 9.72 Å². The van der Waals surface area contributed by atoms with Crippen LogP contribution in [-0.4, -0.2) is 17.0 Å². The highest BCUT2D eigenvalue weighted by Crippen LogP contribution is 2.33. The van der Waals surface area contributed by atoms with Gasteiger partial charge in [0.15, 0.2) is 5.17 Å². The second-order valence-corrected chi connectivity index (χ2v) is 8.51. The van der Waals surface area contributed by atoms with E-state index in [9.17, 15) is 0 Å². The molecule has 1 unspecified atom stereocenters. The first-order chi connectivity index (χ1) is 8.83. The summed E-state index contributed by atoms with van der Waals surface area (Å²) in [5, 5.41) is 5.56. The van der Waals surface area contributed by atoms with Crippen LogP contribution >= 0.6 is 39.3 Å². The van der Waals surface area contributed by atoms with Crippen molar-refractivity contribution in [2.24, 2.45) is 10.4 Å². The molecule has 0 radical (unpaired) electrons. The van der Waals surface area contributed by atoms with Crippen LogP contribution in [0.15, 0.2) is 27.7 Å². The number of rotatable bonds is 2. The van der Waals surface area contributed by atoms with Gasteiger partial charge in [-0.1, -0.05) is 60.1 Å². The summed E-state index contributed by atoms with van der Waals surface area (Å²) >= 11 is 11.4. The first-order valence-corrected chi connectivity index (χ1v) is 8.32. The lowest BCUT2D eigenvalue weighted by Crippen LogP contribution is -2.16. The van der Waals surface area contributed by atoms with Gasteiger partial charge >= 0.3 is 0 Å². The fraction of sp³-hybridized carbons (Fsp3) is 0.500. The van der Waals surface area contributed by atoms with Gasteiger partial charge < -0.3 is 5.32 Å². The summed E-state index contributed by atoms with van der Waals surface area (Å²) < 4.78 is 0.981. The molecule has 0 bridgehead atoms. The van der Waals surface area contributed by atoms with E-state index in [1.54, 1.807) is 0 Å². The maximum absolute atomic E-state index is 6.19. The van der Waals surface area contributed by atoms with Gasteiger partial charge in [0.25, 0.3) is 0 Å². The third-order valence-corrected chi connectivity index (χ3v) is 4.64. The average molecular weight is 362 g/mol. The minimum absolute atomic E-state index is 0.345. The maximum atomic E-state index is 6.19. The summed E-state index contributed by atoms with van der Waals surface area (Å²) in [5.41, 5.74) is 1.25. The van der Waals surface area contributed by atoms with E-state index in [-0.39, 0.29) is 0 Å². The lowest BCUT2D eigenvalue weighted by molar-refractivity contribution is 0.375. The molecule has 1 heterocycles. The molecular weight excluding hydrogens is 344 g/mol. The predicted octanol–water partition coefficient (Wildman–Crippen LogP) is 5.42. The molecule has 0 fully saturated rings. The number of thioether (sulfide) groups is 1. The Morgan fingerprint density at radius 1 is 1.47 bits per heavy atom. The number of aliphatic imine (C=N–C) groups is 1. The van der Waals surface area contributed by atoms with E-state index < -0.39 is 0 Å². The second-order valence-electron chi connectivity index (χ2n) is 5.90. The van der Waals surface area contributed by atoms with Gasteiger partial charge in [0.05, 0.1) is 17.3 Å². The molecule has 2 rings (SSSR count). The first kappa shape index (κ1) is 15.2. The maximum Gasteiger partial charge on any atom is 0.161 e. The van der Waals surface area contributed by atoms with Crippen molar-refractivity contribution >= 4 is 50.1 Å². The van der Waals surface area contributed by atoms with Crippen LogP contribution in [0.1, 0.15) is 27.2 Å². The van der Waals surface area contributed by atoms with E-state index in [2.05, 4.69) is 47.0 Å². The van der Waals surface area contributed by atoms with Crippen molar-refractivity contribution < 1.29 is 0 Å². The standard InChI is InChI=1S/C14H18BrClN2S/c1-14(2,3)7-10-8-17-13(19-10)18-12-5-4-9(15)6-11(12)16/h4-6,10H,7-8H2,1-3H3,(H,17,18). The predicted molar refractivity (Wildman–Crippen MR) is 90.5 cm³/mol. The van der Waals surface area contributed by atoms with E-state index in [1.165, 1.54) is 6.42 Å². The highest BCUT2D eigenvalue weighted by molar-refractivity contribution is 9.10. The molecule has 1 aliphatic heterocycles. The van der Waals surface area contributed by atoms with Crippen molar-refractivity contribution in [3.63, 3.8) is 0 Å². The number of nitrogens with one attached hydrogen (secondary N) is 1. The van der Waals surface area contributed by atoms with Crippen LogP contribution in [0.25, 0.3) is 0 Å². The van der Waals surface area contributed by atoms with Gasteiger partial charge in [-0.3, -0.25) is 4.99 Å². The zero-order valence-corrected chi connectivity index (χ0v) is 14.5. The number of benzene rings is 1. The molecule has 1 aromatic carbocycles. The first-order valence-electron chi connectivity index (χ1n) is 6.27. The lowest BCUT2D eigenvalue weighted by atomic mass is 9.90. The molecular formula is C14H18BrClN2S. The van der Waals surface area contributed by atoms with Crippen LogP contribution in [0.2, 0.25) is 5.02 Å². The smallest absolute Gasteiger partial charge is 0.161 e. The molecule has 19 heavy (non-hydrogen) atoms. The normalized spacial score (nSPS) is 19.4. The molecule has 2 nitrogen and oxygen atoms in total. The Kier molecular flexibility index (Phi) is 4.85. The molecule has 0 aromatic heterocycles. The molecule has 0 saturated carbocycles. The number of nitrogens with zero attached hydrogens (tertiary/aromatic N) is 1. The number of halogens is 2. The Morgan fingerprint density at radius 3 is 2.84 bits per heavy atom. The zero-order valence-electron chi connectivity index (χ0n) is 11.3. The van der Waals surface area contributed by atoms with E-state index in [0.29, 0.717) is 15.7 Å². The third kappa shape index (κ3) is 4.69. The van der Waals surface area contributed by atoms with Gasteiger partial charge in [0.2, 0.25) is 0 Å².